The summed E-state index contributed by atoms with van der Waals surface area (Å²) in [6.45, 7) is 5.16. The van der Waals surface area contributed by atoms with E-state index in [-0.39, 0.29) is 29.7 Å². The van der Waals surface area contributed by atoms with E-state index in [9.17, 15) is 8.42 Å². The monoisotopic (exact) mass is 524 g/mol. The number of hydrogen-bond acceptors (Lipinski definition) is 3. The Hall–Kier alpha value is -1.000. The van der Waals surface area contributed by atoms with Crippen LogP contribution in [0.3, 0.4) is 0 Å². The summed E-state index contributed by atoms with van der Waals surface area (Å²) >= 11 is 6.10. The molecule has 1 fully saturated rings. The molecule has 0 saturated carbocycles. The Kier molecular flexibility index (Phi) is 7.07. The quantitative estimate of drug-likeness (QED) is 0.368. The molecule has 150 valence electrons. The number of aromatic amines is 1. The second-order valence-corrected chi connectivity index (χ2v) is 10.4. The molecule has 6 nitrogen and oxygen atoms in total. The third-order valence-corrected chi connectivity index (χ3v) is 7.73. The predicted molar refractivity (Wildman–Crippen MR) is 123 cm³/mol. The fourth-order valence-electron chi connectivity index (χ4n) is 3.32. The molecule has 0 amide bonds. The maximum Gasteiger partial charge on any atom is 0.193 e. The van der Waals surface area contributed by atoms with E-state index in [4.69, 9.17) is 11.6 Å². The molecule has 1 aliphatic rings. The minimum atomic E-state index is -3.06. The third kappa shape index (κ3) is 4.71. The van der Waals surface area contributed by atoms with Crippen molar-refractivity contribution in [2.75, 3.05) is 32.4 Å². The summed E-state index contributed by atoms with van der Waals surface area (Å²) in [5.74, 6) is 0.896. The average Bonchev–Trinajstić information content (AvgIpc) is 2.97. The molecule has 1 saturated heterocycles. The molecule has 0 aliphatic carbocycles. The van der Waals surface area contributed by atoms with Crippen LogP contribution in [0.5, 0.6) is 0 Å². The average molecular weight is 525 g/mol. The fourth-order valence-corrected chi connectivity index (χ4v) is 4.86. The lowest BCUT2D eigenvalue weighted by Gasteiger charge is -2.39. The van der Waals surface area contributed by atoms with Gasteiger partial charge in [0, 0.05) is 48.8 Å². The van der Waals surface area contributed by atoms with Gasteiger partial charge in [0.25, 0.3) is 0 Å². The van der Waals surface area contributed by atoms with Gasteiger partial charge in [0.2, 0.25) is 0 Å². The van der Waals surface area contributed by atoms with Gasteiger partial charge in [0.1, 0.15) is 0 Å². The van der Waals surface area contributed by atoms with Gasteiger partial charge in [-0.25, -0.2) is 8.42 Å². The summed E-state index contributed by atoms with van der Waals surface area (Å²) in [4.78, 5) is 9.61. The molecule has 0 bridgehead atoms. The van der Waals surface area contributed by atoms with Gasteiger partial charge in [0.05, 0.1) is 10.5 Å². The van der Waals surface area contributed by atoms with Crippen LogP contribution in [0, 0.1) is 0 Å². The number of hydrogen-bond donors (Lipinski definition) is 2. The molecule has 2 N–H and O–H groups in total. The van der Waals surface area contributed by atoms with Crippen molar-refractivity contribution in [2.45, 2.75) is 25.0 Å². The molecule has 3 rings (SSSR count). The minimum absolute atomic E-state index is 0. The van der Waals surface area contributed by atoms with Crippen LogP contribution in [0.4, 0.5) is 0 Å². The van der Waals surface area contributed by atoms with Crippen LogP contribution in [0.25, 0.3) is 10.9 Å². The van der Waals surface area contributed by atoms with E-state index >= 15 is 0 Å². The number of fused-ring (bicyclic) bond motifs is 1. The molecule has 0 atom stereocenters. The van der Waals surface area contributed by atoms with Crippen molar-refractivity contribution in [2.24, 2.45) is 4.99 Å². The van der Waals surface area contributed by atoms with E-state index in [1.54, 1.807) is 20.9 Å². The molecule has 0 radical (unpaired) electrons. The largest absolute Gasteiger partial charge is 0.361 e. The lowest BCUT2D eigenvalue weighted by atomic mass is 10.1. The molecule has 0 spiro atoms. The summed E-state index contributed by atoms with van der Waals surface area (Å²) < 4.78 is 23.6. The highest BCUT2D eigenvalue weighted by Crippen LogP contribution is 2.24. The standard InChI is InChI=1S/C18H25ClN4O2S.HI/c1-18(2)12-23(8-9-26(18,24)25)17(20-3)21-7-6-13-11-22-16-5-4-14(19)10-15(13)16;/h4-5,10-11,22H,6-9,12H2,1-3H3,(H,20,21);1H. The molecule has 27 heavy (non-hydrogen) atoms. The van der Waals surface area contributed by atoms with Gasteiger partial charge in [-0.1, -0.05) is 11.6 Å². The first kappa shape index (κ1) is 22.3. The van der Waals surface area contributed by atoms with Crippen LogP contribution in [0.1, 0.15) is 19.4 Å². The first-order valence-corrected chi connectivity index (χ1v) is 10.7. The van der Waals surface area contributed by atoms with E-state index in [0.717, 1.165) is 28.3 Å². The normalized spacial score (nSPS) is 19.0. The topological polar surface area (TPSA) is 77.6 Å². The molecule has 1 aromatic carbocycles. The smallest absolute Gasteiger partial charge is 0.193 e. The van der Waals surface area contributed by atoms with Crippen LogP contribution in [0.15, 0.2) is 29.4 Å². The lowest BCUT2D eigenvalue weighted by Crippen LogP contribution is -2.57. The van der Waals surface area contributed by atoms with E-state index in [1.165, 1.54) is 5.56 Å². The van der Waals surface area contributed by atoms with Crippen molar-refractivity contribution in [3.8, 4) is 0 Å². The van der Waals surface area contributed by atoms with E-state index in [1.807, 2.05) is 29.3 Å². The highest BCUT2D eigenvalue weighted by molar-refractivity contribution is 14.0. The summed E-state index contributed by atoms with van der Waals surface area (Å²) in [5, 5.41) is 5.20. The maximum atomic E-state index is 12.2. The molecule has 2 aromatic rings. The summed E-state index contributed by atoms with van der Waals surface area (Å²) in [6.07, 6.45) is 2.82. The zero-order valence-corrected chi connectivity index (χ0v) is 19.7. The Morgan fingerprint density at radius 1 is 1.41 bits per heavy atom. The molecular formula is C18H26ClIN4O2S. The number of sulfone groups is 1. The molecule has 9 heteroatoms. The SMILES string of the molecule is CN=C(NCCc1c[nH]c2ccc(Cl)cc12)N1CCS(=O)(=O)C(C)(C)C1.I. The third-order valence-electron chi connectivity index (χ3n) is 4.96. The van der Waals surface area contributed by atoms with Gasteiger partial charge in [-0.3, -0.25) is 4.99 Å². The zero-order valence-electron chi connectivity index (χ0n) is 15.8. The summed E-state index contributed by atoms with van der Waals surface area (Å²) in [6, 6.07) is 5.82. The molecule has 1 aromatic heterocycles. The van der Waals surface area contributed by atoms with Crippen LogP contribution in [-0.2, 0) is 16.3 Å². The van der Waals surface area contributed by atoms with Crippen molar-refractivity contribution in [3.63, 3.8) is 0 Å². The number of nitrogens with zero attached hydrogens (tertiary/aromatic N) is 2. The van der Waals surface area contributed by atoms with Gasteiger partial charge in [0.15, 0.2) is 15.8 Å². The number of aliphatic imine (C=N–C) groups is 1. The maximum absolute atomic E-state index is 12.2. The zero-order chi connectivity index (χ0) is 18.9. The highest BCUT2D eigenvalue weighted by Gasteiger charge is 2.40. The lowest BCUT2D eigenvalue weighted by molar-refractivity contribution is 0.353. The second kappa shape index (κ2) is 8.57. The Bertz CT molecular complexity index is 940. The Labute approximate surface area is 182 Å². The van der Waals surface area contributed by atoms with E-state index in [0.29, 0.717) is 19.6 Å². The van der Waals surface area contributed by atoms with Crippen LogP contribution < -0.4 is 5.32 Å². The first-order valence-electron chi connectivity index (χ1n) is 8.67. The number of halogens is 2. The van der Waals surface area contributed by atoms with Crippen molar-refractivity contribution in [3.05, 3.63) is 35.0 Å². The van der Waals surface area contributed by atoms with Crippen LogP contribution in [-0.4, -0.2) is 61.4 Å². The number of guanidine groups is 1. The summed E-state index contributed by atoms with van der Waals surface area (Å²) in [7, 11) is -1.34. The minimum Gasteiger partial charge on any atom is -0.361 e. The predicted octanol–water partition coefficient (Wildman–Crippen LogP) is 3.07. The van der Waals surface area contributed by atoms with Crippen molar-refractivity contribution < 1.29 is 8.42 Å². The van der Waals surface area contributed by atoms with Crippen LogP contribution in [0.2, 0.25) is 5.02 Å². The van der Waals surface area contributed by atoms with Gasteiger partial charge >= 0.3 is 0 Å². The van der Waals surface area contributed by atoms with Gasteiger partial charge in [-0.2, -0.15) is 0 Å². The molecular weight excluding hydrogens is 499 g/mol. The van der Waals surface area contributed by atoms with Crippen molar-refractivity contribution in [1.29, 1.82) is 0 Å². The van der Waals surface area contributed by atoms with Gasteiger partial charge < -0.3 is 15.2 Å². The molecule has 2 heterocycles. The van der Waals surface area contributed by atoms with Gasteiger partial charge in [-0.05, 0) is 44.0 Å². The fraction of sp³-hybridized carbons (Fsp3) is 0.500. The number of aromatic nitrogens is 1. The number of nitrogens with one attached hydrogen (secondary N) is 2. The number of benzene rings is 1. The molecule has 1 aliphatic heterocycles. The highest BCUT2D eigenvalue weighted by atomic mass is 127. The summed E-state index contributed by atoms with van der Waals surface area (Å²) in [5.41, 5.74) is 2.25. The van der Waals surface area contributed by atoms with Crippen molar-refractivity contribution in [1.82, 2.24) is 15.2 Å². The Morgan fingerprint density at radius 3 is 2.81 bits per heavy atom. The van der Waals surface area contributed by atoms with E-state index in [2.05, 4.69) is 15.3 Å². The first-order chi connectivity index (χ1) is 12.2. The Morgan fingerprint density at radius 2 is 2.15 bits per heavy atom. The van der Waals surface area contributed by atoms with Gasteiger partial charge in [-0.15, -0.1) is 24.0 Å². The van der Waals surface area contributed by atoms with E-state index < -0.39 is 14.6 Å². The second-order valence-electron chi connectivity index (χ2n) is 7.23. The Balaban J connectivity index is 0.00000261. The van der Waals surface area contributed by atoms with Crippen LogP contribution >= 0.6 is 35.6 Å². The molecule has 0 unspecified atom stereocenters. The van der Waals surface area contributed by atoms with Crippen molar-refractivity contribution >= 4 is 62.3 Å². The number of H-pyrrole nitrogens is 1. The number of rotatable bonds is 3.